The highest BCUT2D eigenvalue weighted by atomic mass is 32.1. The normalized spacial score (nSPS) is 22.3. The van der Waals surface area contributed by atoms with Crippen LogP contribution in [0.5, 0.6) is 0 Å². The van der Waals surface area contributed by atoms with Crippen molar-refractivity contribution in [3.8, 4) is 0 Å². The van der Waals surface area contributed by atoms with Crippen molar-refractivity contribution in [1.29, 1.82) is 0 Å². The Morgan fingerprint density at radius 3 is 2.17 bits per heavy atom. The zero-order chi connectivity index (χ0) is 24.6. The van der Waals surface area contributed by atoms with Crippen molar-refractivity contribution in [1.82, 2.24) is 14.7 Å². The van der Waals surface area contributed by atoms with Gasteiger partial charge in [-0.1, -0.05) is 31.0 Å². The summed E-state index contributed by atoms with van der Waals surface area (Å²) >= 11 is 1.50. The molecule has 2 aliphatic heterocycles. The Kier molecular flexibility index (Phi) is 6.73. The van der Waals surface area contributed by atoms with Crippen molar-refractivity contribution in [3.63, 3.8) is 0 Å². The number of fused-ring (bicyclic) bond motifs is 1. The molecule has 6 rings (SSSR count). The average Bonchev–Trinajstić information content (AvgIpc) is 3.50. The van der Waals surface area contributed by atoms with E-state index in [0.717, 1.165) is 74.8 Å². The van der Waals surface area contributed by atoms with E-state index in [-0.39, 0.29) is 23.7 Å². The Balaban J connectivity index is 1.07. The number of nitrogens with one attached hydrogen (secondary N) is 1. The molecule has 1 N–H and O–H groups in total. The first-order valence-corrected chi connectivity index (χ1v) is 14.5. The van der Waals surface area contributed by atoms with Gasteiger partial charge in [-0.25, -0.2) is 0 Å². The molecular weight excluding hydrogens is 472 g/mol. The summed E-state index contributed by atoms with van der Waals surface area (Å²) in [6, 6.07) is 8.43. The summed E-state index contributed by atoms with van der Waals surface area (Å²) in [6.45, 7) is 4.84. The van der Waals surface area contributed by atoms with Gasteiger partial charge in [0.25, 0.3) is 5.91 Å². The monoisotopic (exact) mass is 508 g/mol. The second-order valence-electron chi connectivity index (χ2n) is 10.9. The number of anilines is 1. The van der Waals surface area contributed by atoms with Gasteiger partial charge in [-0.05, 0) is 44.6 Å². The highest BCUT2D eigenvalue weighted by Gasteiger charge is 2.35. The predicted molar refractivity (Wildman–Crippen MR) is 142 cm³/mol. The number of piperidine rings is 1. The third-order valence-electron chi connectivity index (χ3n) is 8.59. The number of rotatable bonds is 5. The molecule has 8 heteroatoms. The van der Waals surface area contributed by atoms with Crippen LogP contribution >= 0.6 is 11.3 Å². The van der Waals surface area contributed by atoms with Crippen molar-refractivity contribution in [2.24, 2.45) is 11.8 Å². The lowest BCUT2D eigenvalue weighted by Gasteiger charge is -2.43. The van der Waals surface area contributed by atoms with E-state index in [0.29, 0.717) is 35.6 Å². The first-order valence-electron chi connectivity index (χ1n) is 13.7. The molecule has 4 fully saturated rings. The number of piperazine rings is 1. The molecule has 4 aliphatic rings. The van der Waals surface area contributed by atoms with Crippen LogP contribution in [0.4, 0.5) is 5.00 Å². The lowest BCUT2D eigenvalue weighted by molar-refractivity contribution is -0.137. The second-order valence-corrected chi connectivity index (χ2v) is 12.0. The van der Waals surface area contributed by atoms with E-state index in [4.69, 9.17) is 0 Å². The zero-order valence-corrected chi connectivity index (χ0v) is 21.7. The first kappa shape index (κ1) is 23.9. The van der Waals surface area contributed by atoms with E-state index in [1.807, 2.05) is 29.2 Å². The topological polar surface area (TPSA) is 73.0 Å². The van der Waals surface area contributed by atoms with E-state index >= 15 is 0 Å². The van der Waals surface area contributed by atoms with Gasteiger partial charge in [-0.2, -0.15) is 0 Å². The number of hydrogen-bond donors (Lipinski definition) is 1. The Morgan fingerprint density at radius 2 is 1.47 bits per heavy atom. The van der Waals surface area contributed by atoms with Gasteiger partial charge in [-0.15, -0.1) is 11.3 Å². The van der Waals surface area contributed by atoms with E-state index < -0.39 is 0 Å². The minimum absolute atomic E-state index is 0.0233. The van der Waals surface area contributed by atoms with Crippen molar-refractivity contribution in [2.75, 3.05) is 44.6 Å². The quantitative estimate of drug-likeness (QED) is 0.657. The third kappa shape index (κ3) is 4.77. The van der Waals surface area contributed by atoms with Crippen molar-refractivity contribution in [3.05, 3.63) is 29.8 Å². The Morgan fingerprint density at radius 1 is 0.778 bits per heavy atom. The Hall–Kier alpha value is -2.45. The van der Waals surface area contributed by atoms with Gasteiger partial charge in [0.2, 0.25) is 11.8 Å². The molecular formula is C28H36N4O3S. The Labute approximate surface area is 216 Å². The number of likely N-dealkylation sites (tertiary alicyclic amines) is 1. The maximum absolute atomic E-state index is 13.7. The molecule has 3 heterocycles. The number of carbonyl (C=O) groups is 3. The smallest absolute Gasteiger partial charge is 0.257 e. The zero-order valence-electron chi connectivity index (χ0n) is 20.9. The van der Waals surface area contributed by atoms with E-state index in [1.54, 1.807) is 0 Å². The van der Waals surface area contributed by atoms with Gasteiger partial charge in [0.15, 0.2) is 0 Å². The van der Waals surface area contributed by atoms with Crippen molar-refractivity contribution >= 4 is 44.1 Å². The molecule has 0 unspecified atom stereocenters. The van der Waals surface area contributed by atoms with E-state index in [1.165, 1.54) is 24.2 Å². The van der Waals surface area contributed by atoms with Crippen LogP contribution in [0.3, 0.4) is 0 Å². The van der Waals surface area contributed by atoms with Gasteiger partial charge in [0.05, 0.1) is 5.56 Å². The number of carbonyl (C=O) groups excluding carboxylic acids is 3. The van der Waals surface area contributed by atoms with Crippen LogP contribution in [0.2, 0.25) is 0 Å². The second kappa shape index (κ2) is 10.1. The largest absolute Gasteiger partial charge is 0.342 e. The van der Waals surface area contributed by atoms with Crippen LogP contribution in [0, 0.1) is 11.8 Å². The fraction of sp³-hybridized carbons (Fsp3) is 0.607. The molecule has 2 saturated heterocycles. The maximum Gasteiger partial charge on any atom is 0.257 e. The van der Waals surface area contributed by atoms with Gasteiger partial charge < -0.3 is 15.1 Å². The standard InChI is InChI=1S/C28H36N4O3S/c33-25(19-9-10-19)29-26-24(22-7-3-4-8-23(22)36-26)28(35)32-17-15-30(16-18-32)21-11-13-31(14-12-21)27(34)20-5-1-2-6-20/h3-4,7-8,19-21H,1-2,5-6,9-18H2,(H,29,33). The molecule has 0 bridgehead atoms. The van der Waals surface area contributed by atoms with Crippen LogP contribution in [-0.2, 0) is 9.59 Å². The SMILES string of the molecule is O=C(Nc1sc2ccccc2c1C(=O)N1CCN(C2CCN(C(=O)C3CCCC3)CC2)CC1)C1CC1. The summed E-state index contributed by atoms with van der Waals surface area (Å²) in [5, 5.41) is 4.69. The first-order chi connectivity index (χ1) is 17.6. The molecule has 192 valence electrons. The maximum atomic E-state index is 13.7. The highest BCUT2D eigenvalue weighted by molar-refractivity contribution is 7.23. The van der Waals surface area contributed by atoms with E-state index in [2.05, 4.69) is 15.1 Å². The summed E-state index contributed by atoms with van der Waals surface area (Å²) in [7, 11) is 0. The summed E-state index contributed by atoms with van der Waals surface area (Å²) in [5.41, 5.74) is 0.650. The highest BCUT2D eigenvalue weighted by Crippen LogP contribution is 2.39. The number of amides is 3. The fourth-order valence-corrected chi connectivity index (χ4v) is 7.33. The summed E-state index contributed by atoms with van der Waals surface area (Å²) in [5.74, 6) is 0.812. The Bertz CT molecular complexity index is 1140. The summed E-state index contributed by atoms with van der Waals surface area (Å²) in [6.07, 6.45) is 8.47. The summed E-state index contributed by atoms with van der Waals surface area (Å²) < 4.78 is 1.03. The van der Waals surface area contributed by atoms with Crippen LogP contribution in [0.15, 0.2) is 24.3 Å². The number of thiophene rings is 1. The fourth-order valence-electron chi connectivity index (χ4n) is 6.24. The molecule has 0 atom stereocenters. The van der Waals surface area contributed by atoms with Gasteiger partial charge >= 0.3 is 0 Å². The van der Waals surface area contributed by atoms with Crippen LogP contribution in [0.1, 0.15) is 61.7 Å². The molecule has 0 spiro atoms. The molecule has 2 aromatic rings. The van der Waals surface area contributed by atoms with Gasteiger partial charge in [0, 0.05) is 67.2 Å². The molecule has 2 aliphatic carbocycles. The lowest BCUT2D eigenvalue weighted by atomic mass is 9.99. The van der Waals surface area contributed by atoms with Gasteiger partial charge in [0.1, 0.15) is 5.00 Å². The predicted octanol–water partition coefficient (Wildman–Crippen LogP) is 4.19. The van der Waals surface area contributed by atoms with Crippen molar-refractivity contribution < 1.29 is 14.4 Å². The summed E-state index contributed by atoms with van der Waals surface area (Å²) in [4.78, 5) is 45.6. The minimum atomic E-state index is 0.0233. The number of nitrogens with zero attached hydrogens (tertiary/aromatic N) is 3. The van der Waals surface area contributed by atoms with Crippen LogP contribution < -0.4 is 5.32 Å². The van der Waals surface area contributed by atoms with Crippen LogP contribution in [0.25, 0.3) is 10.1 Å². The van der Waals surface area contributed by atoms with Crippen molar-refractivity contribution in [2.45, 2.75) is 57.4 Å². The molecule has 7 nitrogen and oxygen atoms in total. The minimum Gasteiger partial charge on any atom is -0.342 e. The molecule has 36 heavy (non-hydrogen) atoms. The van der Waals surface area contributed by atoms with E-state index in [9.17, 15) is 14.4 Å². The molecule has 3 amide bonds. The average molecular weight is 509 g/mol. The lowest BCUT2D eigenvalue weighted by Crippen LogP contribution is -2.55. The third-order valence-corrected chi connectivity index (χ3v) is 9.68. The number of hydrogen-bond acceptors (Lipinski definition) is 5. The molecule has 2 saturated carbocycles. The van der Waals surface area contributed by atoms with Gasteiger partial charge in [-0.3, -0.25) is 19.3 Å². The number of benzene rings is 1. The van der Waals surface area contributed by atoms with Crippen LogP contribution in [-0.4, -0.2) is 77.7 Å². The molecule has 0 radical (unpaired) electrons. The molecule has 1 aromatic carbocycles. The molecule has 1 aromatic heterocycles.